The van der Waals surface area contributed by atoms with E-state index in [-0.39, 0.29) is 24.7 Å². The van der Waals surface area contributed by atoms with Crippen LogP contribution in [0.25, 0.3) is 0 Å². The van der Waals surface area contributed by atoms with E-state index in [9.17, 15) is 18.8 Å². The van der Waals surface area contributed by atoms with E-state index in [1.807, 2.05) is 0 Å². The van der Waals surface area contributed by atoms with Gasteiger partial charge in [0.2, 0.25) is 5.91 Å². The second-order valence-corrected chi connectivity index (χ2v) is 7.01. The number of nitrogens with one attached hydrogen (secondary N) is 1. The maximum absolute atomic E-state index is 13.3. The molecule has 0 fully saturated rings. The van der Waals surface area contributed by atoms with Gasteiger partial charge in [-0.1, -0.05) is 24.3 Å². The van der Waals surface area contributed by atoms with Crippen molar-refractivity contribution < 1.29 is 18.8 Å². The van der Waals surface area contributed by atoms with Gasteiger partial charge in [0.25, 0.3) is 11.8 Å². The van der Waals surface area contributed by atoms with Crippen LogP contribution in [0.4, 0.5) is 4.39 Å². The van der Waals surface area contributed by atoms with Crippen LogP contribution in [0.15, 0.2) is 60.9 Å². The van der Waals surface area contributed by atoms with Crippen molar-refractivity contribution in [2.45, 2.75) is 12.5 Å². The molecule has 4 rings (SSSR count). The second-order valence-electron chi connectivity index (χ2n) is 7.01. The molecule has 8 heteroatoms. The molecule has 3 amide bonds. The fraction of sp³-hybridized carbons (Fsp3) is 0.182. The van der Waals surface area contributed by atoms with Crippen molar-refractivity contribution in [3.63, 3.8) is 0 Å². The van der Waals surface area contributed by atoms with Gasteiger partial charge >= 0.3 is 0 Å². The van der Waals surface area contributed by atoms with Gasteiger partial charge in [0.1, 0.15) is 17.7 Å². The van der Waals surface area contributed by atoms with Gasteiger partial charge in [0.15, 0.2) is 0 Å². The maximum atomic E-state index is 13.3. The Kier molecular flexibility index (Phi) is 5.14. The van der Waals surface area contributed by atoms with Gasteiger partial charge in [0, 0.05) is 32.4 Å². The first-order valence-electron chi connectivity index (χ1n) is 9.43. The molecule has 3 aromatic rings. The first-order valence-corrected chi connectivity index (χ1v) is 9.43. The highest BCUT2D eigenvalue weighted by Crippen LogP contribution is 2.23. The smallest absolute Gasteiger partial charge is 0.261 e. The third-order valence-electron chi connectivity index (χ3n) is 5.07. The lowest BCUT2D eigenvalue weighted by Crippen LogP contribution is -2.36. The molecule has 0 saturated heterocycles. The number of carbonyl (C=O) groups is 3. The summed E-state index contributed by atoms with van der Waals surface area (Å²) in [7, 11) is 1.80. The summed E-state index contributed by atoms with van der Waals surface area (Å²) in [5.74, 6) is -0.959. The highest BCUT2D eigenvalue weighted by Gasteiger charge is 2.35. The summed E-state index contributed by atoms with van der Waals surface area (Å²) in [6.07, 6.45) is 3.29. The minimum absolute atomic E-state index is 0.0329. The normalized spacial score (nSPS) is 14.0. The van der Waals surface area contributed by atoms with Crippen LogP contribution in [0, 0.1) is 5.82 Å². The molecule has 0 spiro atoms. The third kappa shape index (κ3) is 3.59. The number of carbonyl (C=O) groups excluding carboxylic acids is 3. The van der Waals surface area contributed by atoms with Crippen molar-refractivity contribution in [2.24, 2.45) is 7.05 Å². The quantitative estimate of drug-likeness (QED) is 0.638. The Hall–Kier alpha value is -3.81. The molecule has 152 valence electrons. The van der Waals surface area contributed by atoms with Gasteiger partial charge < -0.3 is 9.88 Å². The Morgan fingerprint density at radius 1 is 1.07 bits per heavy atom. The molecule has 2 heterocycles. The lowest BCUT2D eigenvalue weighted by molar-refractivity contribution is -0.121. The van der Waals surface area contributed by atoms with E-state index in [1.165, 1.54) is 12.1 Å². The van der Waals surface area contributed by atoms with Crippen LogP contribution in [0.3, 0.4) is 0 Å². The number of hydrogen-bond donors (Lipinski definition) is 1. The van der Waals surface area contributed by atoms with Crippen LogP contribution < -0.4 is 5.32 Å². The molecule has 7 nitrogen and oxygen atoms in total. The van der Waals surface area contributed by atoms with Gasteiger partial charge in [-0.25, -0.2) is 9.37 Å². The number of benzene rings is 2. The maximum Gasteiger partial charge on any atom is 0.261 e. The molecule has 0 unspecified atom stereocenters. The van der Waals surface area contributed by atoms with Crippen molar-refractivity contribution in [3.05, 3.63) is 89.3 Å². The van der Waals surface area contributed by atoms with E-state index < -0.39 is 17.9 Å². The Morgan fingerprint density at radius 2 is 1.70 bits per heavy atom. The van der Waals surface area contributed by atoms with Crippen molar-refractivity contribution in [2.75, 3.05) is 6.54 Å². The standard InChI is InChI=1S/C22H19FN4O3/c1-26-13-11-24-20(26)19(14-6-8-15(23)9-7-14)25-18(28)10-12-27-21(29)16-4-2-3-5-17(16)22(27)30/h2-9,11,13,19H,10,12H2,1H3,(H,25,28)/t19-/m0/s1. The van der Waals surface area contributed by atoms with E-state index in [1.54, 1.807) is 60.4 Å². The summed E-state index contributed by atoms with van der Waals surface area (Å²) in [6.45, 7) is -0.0329. The predicted molar refractivity (Wildman–Crippen MR) is 106 cm³/mol. The Bertz CT molecular complexity index is 1090. The number of imidazole rings is 1. The molecule has 30 heavy (non-hydrogen) atoms. The zero-order valence-corrected chi connectivity index (χ0v) is 16.2. The fourth-order valence-electron chi connectivity index (χ4n) is 3.50. The average Bonchev–Trinajstić information content (AvgIpc) is 3.27. The Balaban J connectivity index is 1.47. The number of fused-ring (bicyclic) bond motifs is 1. The van der Waals surface area contributed by atoms with Crippen LogP contribution in [-0.2, 0) is 11.8 Å². The number of hydrogen-bond acceptors (Lipinski definition) is 4. The summed E-state index contributed by atoms with van der Waals surface area (Å²) in [6, 6.07) is 11.8. The first kappa shape index (κ1) is 19.5. The van der Waals surface area contributed by atoms with Gasteiger partial charge in [-0.15, -0.1) is 0 Å². The number of rotatable bonds is 6. The molecule has 1 aliphatic heterocycles. The van der Waals surface area contributed by atoms with Crippen molar-refractivity contribution in [1.82, 2.24) is 19.8 Å². The van der Waals surface area contributed by atoms with E-state index in [0.717, 1.165) is 4.90 Å². The van der Waals surface area contributed by atoms with Gasteiger partial charge in [-0.3, -0.25) is 19.3 Å². The summed E-state index contributed by atoms with van der Waals surface area (Å²) < 4.78 is 15.1. The van der Waals surface area contributed by atoms with Crippen molar-refractivity contribution in [1.29, 1.82) is 0 Å². The number of imide groups is 1. The number of halogens is 1. The van der Waals surface area contributed by atoms with E-state index >= 15 is 0 Å². The molecule has 1 atom stereocenters. The highest BCUT2D eigenvalue weighted by molar-refractivity contribution is 6.21. The SMILES string of the molecule is Cn1ccnc1[C@@H](NC(=O)CCN1C(=O)c2ccccc2C1=O)c1ccc(F)cc1. The largest absolute Gasteiger partial charge is 0.342 e. The first-order chi connectivity index (χ1) is 14.5. The Morgan fingerprint density at radius 3 is 2.27 bits per heavy atom. The molecule has 0 radical (unpaired) electrons. The molecule has 0 bridgehead atoms. The Labute approximate surface area is 172 Å². The average molecular weight is 406 g/mol. The number of aryl methyl sites for hydroxylation is 1. The summed E-state index contributed by atoms with van der Waals surface area (Å²) >= 11 is 0. The fourth-order valence-corrected chi connectivity index (χ4v) is 3.50. The van der Waals surface area contributed by atoms with Gasteiger partial charge in [-0.2, -0.15) is 0 Å². The van der Waals surface area contributed by atoms with E-state index in [0.29, 0.717) is 22.5 Å². The number of amides is 3. The van der Waals surface area contributed by atoms with Crippen LogP contribution >= 0.6 is 0 Å². The van der Waals surface area contributed by atoms with E-state index in [4.69, 9.17) is 0 Å². The van der Waals surface area contributed by atoms with E-state index in [2.05, 4.69) is 10.3 Å². The summed E-state index contributed by atoms with van der Waals surface area (Å²) in [5, 5.41) is 2.88. The minimum Gasteiger partial charge on any atom is -0.342 e. The highest BCUT2D eigenvalue weighted by atomic mass is 19.1. The molecule has 2 aromatic carbocycles. The van der Waals surface area contributed by atoms with Crippen LogP contribution in [0.5, 0.6) is 0 Å². The molecule has 1 N–H and O–H groups in total. The van der Waals surface area contributed by atoms with Crippen LogP contribution in [0.2, 0.25) is 0 Å². The lowest BCUT2D eigenvalue weighted by Gasteiger charge is -2.20. The topological polar surface area (TPSA) is 84.3 Å². The second kappa shape index (κ2) is 7.90. The lowest BCUT2D eigenvalue weighted by atomic mass is 10.1. The number of nitrogens with zero attached hydrogens (tertiary/aromatic N) is 3. The zero-order chi connectivity index (χ0) is 21.3. The molecule has 1 aliphatic rings. The van der Waals surface area contributed by atoms with Gasteiger partial charge in [-0.05, 0) is 29.8 Å². The summed E-state index contributed by atoms with van der Waals surface area (Å²) in [4.78, 5) is 42.9. The van der Waals surface area contributed by atoms with Crippen molar-refractivity contribution in [3.8, 4) is 0 Å². The zero-order valence-electron chi connectivity index (χ0n) is 16.2. The third-order valence-corrected chi connectivity index (χ3v) is 5.07. The molecule has 1 aromatic heterocycles. The molecular weight excluding hydrogens is 387 g/mol. The minimum atomic E-state index is -0.597. The summed E-state index contributed by atoms with van der Waals surface area (Å²) in [5.41, 5.74) is 1.36. The monoisotopic (exact) mass is 406 g/mol. The molecular formula is C22H19FN4O3. The van der Waals surface area contributed by atoms with Crippen LogP contribution in [-0.4, -0.2) is 38.7 Å². The molecule has 0 saturated carbocycles. The van der Waals surface area contributed by atoms with Gasteiger partial charge in [0.05, 0.1) is 11.1 Å². The predicted octanol–water partition coefficient (Wildman–Crippen LogP) is 2.45. The van der Waals surface area contributed by atoms with Crippen LogP contribution in [0.1, 0.15) is 44.6 Å². The molecule has 0 aliphatic carbocycles. The number of aromatic nitrogens is 2. The van der Waals surface area contributed by atoms with Crippen molar-refractivity contribution >= 4 is 17.7 Å².